The van der Waals surface area contributed by atoms with Crippen LogP contribution in [0.5, 0.6) is 0 Å². The minimum absolute atomic E-state index is 0.0879. The highest BCUT2D eigenvalue weighted by molar-refractivity contribution is 5.94. The minimum atomic E-state index is -0.0879. The normalized spacial score (nSPS) is 10.3. The van der Waals surface area contributed by atoms with E-state index in [1.807, 2.05) is 24.3 Å². The third-order valence-electron chi connectivity index (χ3n) is 3.87. The summed E-state index contributed by atoms with van der Waals surface area (Å²) in [5, 5.41) is 11.3. The van der Waals surface area contributed by atoms with E-state index in [2.05, 4.69) is 24.3 Å². The number of hydrogen-bond acceptors (Lipinski definition) is 2. The maximum Gasteiger partial charge on any atom is 0.253 e. The van der Waals surface area contributed by atoms with Crippen LogP contribution in [0.4, 0.5) is 0 Å². The van der Waals surface area contributed by atoms with E-state index in [0.29, 0.717) is 17.7 Å². The van der Waals surface area contributed by atoms with Gasteiger partial charge in [-0.05, 0) is 34.5 Å². The van der Waals surface area contributed by atoms with E-state index in [4.69, 9.17) is 5.26 Å². The second-order valence-corrected chi connectivity index (χ2v) is 5.49. The number of amides is 1. The fraction of sp³-hybridized carbons (Fsp3) is 0.100. The highest BCUT2D eigenvalue weighted by atomic mass is 16.2. The van der Waals surface area contributed by atoms with Gasteiger partial charge < -0.3 is 4.90 Å². The Balaban J connectivity index is 1.87. The van der Waals surface area contributed by atoms with Gasteiger partial charge in [0, 0.05) is 19.2 Å². The number of carbonyl (C=O) groups is 1. The number of fused-ring (bicyclic) bond motifs is 1. The van der Waals surface area contributed by atoms with Gasteiger partial charge in [0.1, 0.15) is 0 Å². The van der Waals surface area contributed by atoms with Gasteiger partial charge in [-0.2, -0.15) is 5.26 Å². The fourth-order valence-electron chi connectivity index (χ4n) is 2.70. The van der Waals surface area contributed by atoms with Gasteiger partial charge in [-0.25, -0.2) is 0 Å². The molecule has 1 amide bonds. The van der Waals surface area contributed by atoms with E-state index < -0.39 is 0 Å². The molecule has 0 spiro atoms. The lowest BCUT2D eigenvalue weighted by molar-refractivity contribution is 0.0785. The number of nitriles is 1. The zero-order valence-corrected chi connectivity index (χ0v) is 12.9. The van der Waals surface area contributed by atoms with Gasteiger partial charge in [-0.3, -0.25) is 4.79 Å². The van der Waals surface area contributed by atoms with Crippen LogP contribution in [0.2, 0.25) is 0 Å². The summed E-state index contributed by atoms with van der Waals surface area (Å²) >= 11 is 0. The van der Waals surface area contributed by atoms with Crippen LogP contribution in [0.1, 0.15) is 21.5 Å². The molecule has 3 rings (SSSR count). The Morgan fingerprint density at radius 2 is 1.78 bits per heavy atom. The number of nitrogens with zero attached hydrogens (tertiary/aromatic N) is 2. The molecular weight excluding hydrogens is 284 g/mol. The van der Waals surface area contributed by atoms with Crippen molar-refractivity contribution in [3.8, 4) is 6.07 Å². The molecule has 0 saturated carbocycles. The van der Waals surface area contributed by atoms with E-state index in [9.17, 15) is 4.79 Å². The van der Waals surface area contributed by atoms with Crippen LogP contribution in [0, 0.1) is 11.3 Å². The van der Waals surface area contributed by atoms with Crippen molar-refractivity contribution in [2.45, 2.75) is 6.54 Å². The molecule has 23 heavy (non-hydrogen) atoms. The Bertz CT molecular complexity index is 903. The summed E-state index contributed by atoms with van der Waals surface area (Å²) in [6, 6.07) is 23.1. The van der Waals surface area contributed by atoms with Crippen molar-refractivity contribution in [3.05, 3.63) is 83.4 Å². The number of rotatable bonds is 3. The molecule has 0 N–H and O–H groups in total. The highest BCUT2D eigenvalue weighted by Gasteiger charge is 2.13. The molecule has 0 atom stereocenters. The molecule has 0 aliphatic rings. The molecule has 0 bridgehead atoms. The SMILES string of the molecule is CN(Cc1cccc2ccccc12)C(=O)c1cccc(C#N)c1. The maximum atomic E-state index is 12.6. The maximum absolute atomic E-state index is 12.6. The Kier molecular flexibility index (Phi) is 4.07. The van der Waals surface area contributed by atoms with Crippen LogP contribution in [0.15, 0.2) is 66.7 Å². The molecule has 3 aromatic carbocycles. The fourth-order valence-corrected chi connectivity index (χ4v) is 2.70. The first-order valence-electron chi connectivity index (χ1n) is 7.41. The predicted molar refractivity (Wildman–Crippen MR) is 90.9 cm³/mol. The van der Waals surface area contributed by atoms with Crippen LogP contribution in [-0.2, 0) is 6.54 Å². The lowest BCUT2D eigenvalue weighted by Crippen LogP contribution is -2.26. The van der Waals surface area contributed by atoms with Crippen LogP contribution < -0.4 is 0 Å². The first-order chi connectivity index (χ1) is 11.2. The van der Waals surface area contributed by atoms with Gasteiger partial charge in [-0.15, -0.1) is 0 Å². The van der Waals surface area contributed by atoms with Gasteiger partial charge >= 0.3 is 0 Å². The Morgan fingerprint density at radius 1 is 1.04 bits per heavy atom. The molecule has 3 nitrogen and oxygen atoms in total. The summed E-state index contributed by atoms with van der Waals surface area (Å²) < 4.78 is 0. The van der Waals surface area contributed by atoms with Gasteiger partial charge in [0.05, 0.1) is 11.6 Å². The van der Waals surface area contributed by atoms with Crippen molar-refractivity contribution >= 4 is 16.7 Å². The molecule has 0 fully saturated rings. The summed E-state index contributed by atoms with van der Waals surface area (Å²) in [7, 11) is 1.78. The largest absolute Gasteiger partial charge is 0.337 e. The Hall–Kier alpha value is -3.12. The summed E-state index contributed by atoms with van der Waals surface area (Å²) in [5.74, 6) is -0.0879. The molecule has 3 aromatic rings. The van der Waals surface area contributed by atoms with E-state index in [0.717, 1.165) is 16.3 Å². The summed E-state index contributed by atoms with van der Waals surface area (Å²) in [6.07, 6.45) is 0. The average Bonchev–Trinajstić information content (AvgIpc) is 2.61. The lowest BCUT2D eigenvalue weighted by Gasteiger charge is -2.18. The van der Waals surface area contributed by atoms with Crippen molar-refractivity contribution in [2.75, 3.05) is 7.05 Å². The van der Waals surface area contributed by atoms with Crippen LogP contribution in [0.3, 0.4) is 0 Å². The molecule has 0 aliphatic carbocycles. The van der Waals surface area contributed by atoms with Crippen molar-refractivity contribution < 1.29 is 4.79 Å². The van der Waals surface area contributed by atoms with E-state index in [1.165, 1.54) is 0 Å². The Labute approximate surface area is 135 Å². The van der Waals surface area contributed by atoms with Crippen LogP contribution >= 0.6 is 0 Å². The van der Waals surface area contributed by atoms with Gasteiger partial charge in [-0.1, -0.05) is 48.5 Å². The van der Waals surface area contributed by atoms with Crippen molar-refractivity contribution in [1.29, 1.82) is 5.26 Å². The minimum Gasteiger partial charge on any atom is -0.337 e. The standard InChI is InChI=1S/C20H16N2O/c1-22(20(23)17-9-4-6-15(12-17)13-21)14-18-10-5-8-16-7-2-3-11-19(16)18/h2-12H,14H2,1H3. The molecule has 0 radical (unpaired) electrons. The van der Waals surface area contributed by atoms with Crippen LogP contribution in [-0.4, -0.2) is 17.9 Å². The highest BCUT2D eigenvalue weighted by Crippen LogP contribution is 2.20. The quantitative estimate of drug-likeness (QED) is 0.734. The smallest absolute Gasteiger partial charge is 0.253 e. The molecular formula is C20H16N2O. The topological polar surface area (TPSA) is 44.1 Å². The average molecular weight is 300 g/mol. The Morgan fingerprint density at radius 3 is 2.61 bits per heavy atom. The lowest BCUT2D eigenvalue weighted by atomic mass is 10.0. The summed E-state index contributed by atoms with van der Waals surface area (Å²) in [5.41, 5.74) is 2.14. The zero-order chi connectivity index (χ0) is 16.2. The van der Waals surface area contributed by atoms with E-state index >= 15 is 0 Å². The molecule has 3 heteroatoms. The number of hydrogen-bond donors (Lipinski definition) is 0. The molecule has 0 saturated heterocycles. The summed E-state index contributed by atoms with van der Waals surface area (Å²) in [4.78, 5) is 14.2. The van der Waals surface area contributed by atoms with Crippen molar-refractivity contribution in [1.82, 2.24) is 4.90 Å². The van der Waals surface area contributed by atoms with Crippen molar-refractivity contribution in [2.24, 2.45) is 0 Å². The first-order valence-corrected chi connectivity index (χ1v) is 7.41. The summed E-state index contributed by atoms with van der Waals surface area (Å²) in [6.45, 7) is 0.525. The second-order valence-electron chi connectivity index (χ2n) is 5.49. The third kappa shape index (κ3) is 3.07. The molecule has 0 aromatic heterocycles. The van der Waals surface area contributed by atoms with Crippen LogP contribution in [0.25, 0.3) is 10.8 Å². The first kappa shape index (κ1) is 14.8. The predicted octanol–water partition coefficient (Wildman–Crippen LogP) is 3.98. The van der Waals surface area contributed by atoms with Crippen molar-refractivity contribution in [3.63, 3.8) is 0 Å². The molecule has 0 unspecified atom stereocenters. The van der Waals surface area contributed by atoms with E-state index in [-0.39, 0.29) is 5.91 Å². The molecule has 0 heterocycles. The third-order valence-corrected chi connectivity index (χ3v) is 3.87. The number of carbonyl (C=O) groups excluding carboxylic acids is 1. The zero-order valence-electron chi connectivity index (χ0n) is 12.9. The number of benzene rings is 3. The van der Waals surface area contributed by atoms with E-state index in [1.54, 1.807) is 36.2 Å². The second kappa shape index (κ2) is 6.33. The molecule has 0 aliphatic heterocycles. The van der Waals surface area contributed by atoms with Gasteiger partial charge in [0.2, 0.25) is 0 Å². The molecule has 112 valence electrons. The van der Waals surface area contributed by atoms with Gasteiger partial charge in [0.25, 0.3) is 5.91 Å². The monoisotopic (exact) mass is 300 g/mol. The van der Waals surface area contributed by atoms with Gasteiger partial charge in [0.15, 0.2) is 0 Å².